The number of hydrogen-bond acceptors (Lipinski definition) is 5. The summed E-state index contributed by atoms with van der Waals surface area (Å²) in [6.07, 6.45) is 5.92. The summed E-state index contributed by atoms with van der Waals surface area (Å²) in [5, 5.41) is 2.07. The van der Waals surface area contributed by atoms with Crippen LogP contribution in [0.15, 0.2) is 17.8 Å². The molecule has 4 heterocycles. The summed E-state index contributed by atoms with van der Waals surface area (Å²) in [6.45, 7) is 5.96. The zero-order chi connectivity index (χ0) is 16.5. The second kappa shape index (κ2) is 6.67. The highest BCUT2D eigenvalue weighted by Gasteiger charge is 2.31. The van der Waals surface area contributed by atoms with Crippen LogP contribution in [0, 0.1) is 11.8 Å². The van der Waals surface area contributed by atoms with Crippen molar-refractivity contribution in [2.45, 2.75) is 32.6 Å². The molecule has 2 aromatic heterocycles. The lowest BCUT2D eigenvalue weighted by Gasteiger charge is -2.37. The normalized spacial score (nSPS) is 23.0. The van der Waals surface area contributed by atoms with Gasteiger partial charge in [0.05, 0.1) is 10.2 Å². The van der Waals surface area contributed by atoms with Crippen LogP contribution in [0.5, 0.6) is 0 Å². The molecule has 0 aromatic carbocycles. The van der Waals surface area contributed by atoms with E-state index in [4.69, 9.17) is 0 Å². The van der Waals surface area contributed by atoms with Gasteiger partial charge in [-0.2, -0.15) is 0 Å². The van der Waals surface area contributed by atoms with Crippen LogP contribution in [0.25, 0.3) is 10.2 Å². The third-order valence-electron chi connectivity index (χ3n) is 5.34. The molecule has 0 radical (unpaired) electrons. The van der Waals surface area contributed by atoms with Gasteiger partial charge in [0.15, 0.2) is 0 Å². The van der Waals surface area contributed by atoms with Crippen molar-refractivity contribution in [2.24, 2.45) is 11.8 Å². The van der Waals surface area contributed by atoms with Gasteiger partial charge in [0.25, 0.3) is 0 Å². The van der Waals surface area contributed by atoms with Gasteiger partial charge in [-0.15, -0.1) is 11.3 Å². The molecule has 0 N–H and O–H groups in total. The molecular weight excluding hydrogens is 320 g/mol. The quantitative estimate of drug-likeness (QED) is 0.840. The second-order valence-electron chi connectivity index (χ2n) is 7.13. The molecule has 5 nitrogen and oxygen atoms in total. The zero-order valence-corrected chi connectivity index (χ0v) is 15.0. The Morgan fingerprint density at radius 2 is 2.04 bits per heavy atom. The maximum atomic E-state index is 12.8. The van der Waals surface area contributed by atoms with Crippen molar-refractivity contribution in [2.75, 3.05) is 31.1 Å². The standard InChI is InChI=1S/C18H24N4OS/c1-13-3-2-7-22(11-13)18(23)14-4-8-21(9-5-14)17-16-15(6-10-24-16)19-12-20-17/h6,10,12-14H,2-5,7-9,11H2,1H3/t13-/m0/s1. The third-order valence-corrected chi connectivity index (χ3v) is 6.24. The van der Waals surface area contributed by atoms with Gasteiger partial charge in [0, 0.05) is 32.1 Å². The fraction of sp³-hybridized carbons (Fsp3) is 0.611. The van der Waals surface area contributed by atoms with Crippen LogP contribution < -0.4 is 4.90 Å². The Bertz CT molecular complexity index is 723. The number of carbonyl (C=O) groups excluding carboxylic acids is 1. The minimum absolute atomic E-state index is 0.187. The Morgan fingerprint density at radius 3 is 2.83 bits per heavy atom. The number of likely N-dealkylation sites (tertiary alicyclic amines) is 1. The highest BCUT2D eigenvalue weighted by Crippen LogP contribution is 2.31. The van der Waals surface area contributed by atoms with E-state index in [1.807, 2.05) is 6.07 Å². The molecule has 0 unspecified atom stereocenters. The van der Waals surface area contributed by atoms with E-state index in [1.54, 1.807) is 17.7 Å². The largest absolute Gasteiger partial charge is 0.355 e. The number of piperidine rings is 2. The number of carbonyl (C=O) groups is 1. The number of anilines is 1. The fourth-order valence-corrected chi connectivity index (χ4v) is 4.85. The van der Waals surface area contributed by atoms with E-state index in [-0.39, 0.29) is 5.92 Å². The molecule has 2 fully saturated rings. The predicted molar refractivity (Wildman–Crippen MR) is 97.3 cm³/mol. The van der Waals surface area contributed by atoms with Gasteiger partial charge >= 0.3 is 0 Å². The number of nitrogens with zero attached hydrogens (tertiary/aromatic N) is 4. The van der Waals surface area contributed by atoms with Crippen LogP contribution in [0.4, 0.5) is 5.82 Å². The number of fused-ring (bicyclic) bond motifs is 1. The first-order chi connectivity index (χ1) is 11.7. The van der Waals surface area contributed by atoms with Crippen molar-refractivity contribution in [3.63, 3.8) is 0 Å². The summed E-state index contributed by atoms with van der Waals surface area (Å²) in [4.78, 5) is 26.0. The van der Waals surface area contributed by atoms with Gasteiger partial charge in [-0.1, -0.05) is 6.92 Å². The molecule has 0 bridgehead atoms. The molecule has 2 aromatic rings. The van der Waals surface area contributed by atoms with Crippen molar-refractivity contribution < 1.29 is 4.79 Å². The van der Waals surface area contributed by atoms with Crippen LogP contribution in [0.1, 0.15) is 32.6 Å². The lowest BCUT2D eigenvalue weighted by atomic mass is 9.93. The second-order valence-corrected chi connectivity index (χ2v) is 8.04. The first-order valence-corrected chi connectivity index (χ1v) is 9.82. The Kier molecular flexibility index (Phi) is 4.39. The van der Waals surface area contributed by atoms with Crippen LogP contribution >= 0.6 is 11.3 Å². The van der Waals surface area contributed by atoms with Crippen molar-refractivity contribution in [1.82, 2.24) is 14.9 Å². The van der Waals surface area contributed by atoms with E-state index < -0.39 is 0 Å². The molecule has 1 atom stereocenters. The fourth-order valence-electron chi connectivity index (χ4n) is 3.99. The van der Waals surface area contributed by atoms with E-state index >= 15 is 0 Å². The Morgan fingerprint density at radius 1 is 1.21 bits per heavy atom. The number of rotatable bonds is 2. The number of aromatic nitrogens is 2. The van der Waals surface area contributed by atoms with Gasteiger partial charge in [-0.05, 0) is 43.0 Å². The zero-order valence-electron chi connectivity index (χ0n) is 14.1. The Labute approximate surface area is 146 Å². The topological polar surface area (TPSA) is 49.3 Å². The molecule has 0 saturated carbocycles. The van der Waals surface area contributed by atoms with Crippen LogP contribution in [-0.4, -0.2) is 47.0 Å². The minimum atomic E-state index is 0.187. The molecule has 0 aliphatic carbocycles. The van der Waals surface area contributed by atoms with Crippen LogP contribution in [0.2, 0.25) is 0 Å². The van der Waals surface area contributed by atoms with Crippen LogP contribution in [0.3, 0.4) is 0 Å². The molecule has 0 spiro atoms. The highest BCUT2D eigenvalue weighted by atomic mass is 32.1. The maximum Gasteiger partial charge on any atom is 0.225 e. The van der Waals surface area contributed by atoms with E-state index in [2.05, 4.69) is 32.1 Å². The van der Waals surface area contributed by atoms with E-state index in [0.29, 0.717) is 11.8 Å². The van der Waals surface area contributed by atoms with Crippen molar-refractivity contribution >= 4 is 33.3 Å². The monoisotopic (exact) mass is 344 g/mol. The van der Waals surface area contributed by atoms with Crippen molar-refractivity contribution in [3.8, 4) is 0 Å². The van der Waals surface area contributed by atoms with Crippen LogP contribution in [-0.2, 0) is 4.79 Å². The average Bonchev–Trinajstić information content (AvgIpc) is 3.10. The third kappa shape index (κ3) is 2.99. The summed E-state index contributed by atoms with van der Waals surface area (Å²) in [7, 11) is 0. The summed E-state index contributed by atoms with van der Waals surface area (Å²) in [5.74, 6) is 2.25. The molecular formula is C18H24N4OS. The first-order valence-electron chi connectivity index (χ1n) is 8.94. The van der Waals surface area contributed by atoms with Gasteiger partial charge < -0.3 is 9.80 Å². The molecule has 2 aliphatic heterocycles. The Hall–Kier alpha value is -1.69. The van der Waals surface area contributed by atoms with Gasteiger partial charge in [0.1, 0.15) is 12.1 Å². The predicted octanol–water partition coefficient (Wildman–Crippen LogP) is 3.17. The molecule has 24 heavy (non-hydrogen) atoms. The lowest BCUT2D eigenvalue weighted by molar-refractivity contribution is -0.137. The van der Waals surface area contributed by atoms with Crippen molar-refractivity contribution in [1.29, 1.82) is 0 Å². The molecule has 1 amide bonds. The smallest absolute Gasteiger partial charge is 0.225 e. The summed E-state index contributed by atoms with van der Waals surface area (Å²) in [5.41, 5.74) is 1.02. The SMILES string of the molecule is C[C@H]1CCCN(C(=O)C2CCN(c3ncnc4ccsc34)CC2)C1. The molecule has 4 rings (SSSR count). The summed E-state index contributed by atoms with van der Waals surface area (Å²) >= 11 is 1.70. The first kappa shape index (κ1) is 15.8. The van der Waals surface area contributed by atoms with Gasteiger partial charge in [-0.25, -0.2) is 9.97 Å². The summed E-state index contributed by atoms with van der Waals surface area (Å²) in [6, 6.07) is 2.04. The van der Waals surface area contributed by atoms with Gasteiger partial charge in [0.2, 0.25) is 5.91 Å². The summed E-state index contributed by atoms with van der Waals surface area (Å²) < 4.78 is 1.16. The number of amides is 1. The van der Waals surface area contributed by atoms with E-state index in [9.17, 15) is 4.79 Å². The molecule has 6 heteroatoms. The van der Waals surface area contributed by atoms with E-state index in [1.165, 1.54) is 6.42 Å². The molecule has 128 valence electrons. The average molecular weight is 344 g/mol. The number of thiophene rings is 1. The molecule has 2 saturated heterocycles. The Balaban J connectivity index is 1.41. The highest BCUT2D eigenvalue weighted by molar-refractivity contribution is 7.17. The van der Waals surface area contributed by atoms with Crippen molar-refractivity contribution in [3.05, 3.63) is 17.8 Å². The molecule has 2 aliphatic rings. The maximum absolute atomic E-state index is 12.8. The minimum Gasteiger partial charge on any atom is -0.355 e. The lowest BCUT2D eigenvalue weighted by Crippen LogP contribution is -2.46. The number of hydrogen-bond donors (Lipinski definition) is 0. The van der Waals surface area contributed by atoms with Gasteiger partial charge in [-0.3, -0.25) is 4.79 Å². The van der Waals surface area contributed by atoms with E-state index in [0.717, 1.165) is 61.5 Å².